The summed E-state index contributed by atoms with van der Waals surface area (Å²) < 4.78 is 0. The van der Waals surface area contributed by atoms with Gasteiger partial charge in [0.05, 0.1) is 6.54 Å². The molecule has 0 fully saturated rings. The van der Waals surface area contributed by atoms with Crippen LogP contribution in [-0.4, -0.2) is 61.4 Å². The second-order valence-corrected chi connectivity index (χ2v) is 4.75. The van der Waals surface area contributed by atoms with Crippen molar-refractivity contribution in [2.75, 3.05) is 33.7 Å². The summed E-state index contributed by atoms with van der Waals surface area (Å²) in [5, 5.41) is 2.82. The number of amides is 2. The first-order valence-electron chi connectivity index (χ1n) is 6.03. The fourth-order valence-electron chi connectivity index (χ4n) is 1.49. The molecule has 0 aromatic carbocycles. The molecule has 0 aromatic rings. The van der Waals surface area contributed by atoms with Crippen molar-refractivity contribution >= 4 is 11.8 Å². The highest BCUT2D eigenvalue weighted by molar-refractivity contribution is 5.83. The number of carbonyl (C=O) groups is 2. The van der Waals surface area contributed by atoms with Crippen LogP contribution in [-0.2, 0) is 9.59 Å². The molecule has 17 heavy (non-hydrogen) atoms. The smallest absolute Gasteiger partial charge is 0.239 e. The Balaban J connectivity index is 3.87. The normalized spacial score (nSPS) is 10.8. The lowest BCUT2D eigenvalue weighted by Crippen LogP contribution is -2.43. The first-order chi connectivity index (χ1) is 7.84. The van der Waals surface area contributed by atoms with E-state index >= 15 is 0 Å². The van der Waals surface area contributed by atoms with Crippen molar-refractivity contribution in [3.05, 3.63) is 0 Å². The maximum Gasteiger partial charge on any atom is 0.239 e. The zero-order valence-electron chi connectivity index (χ0n) is 11.6. The van der Waals surface area contributed by atoms with E-state index in [0.29, 0.717) is 6.54 Å². The highest BCUT2D eigenvalue weighted by Crippen LogP contribution is 1.97. The van der Waals surface area contributed by atoms with Crippen LogP contribution in [0.15, 0.2) is 0 Å². The highest BCUT2D eigenvalue weighted by Gasteiger charge is 2.15. The van der Waals surface area contributed by atoms with Crippen LogP contribution in [0.5, 0.6) is 0 Å². The summed E-state index contributed by atoms with van der Waals surface area (Å²) in [6.45, 7) is 7.04. The first-order valence-corrected chi connectivity index (χ1v) is 6.03. The summed E-state index contributed by atoms with van der Waals surface area (Å²) in [6, 6.07) is 0.0556. The quantitative estimate of drug-likeness (QED) is 0.655. The van der Waals surface area contributed by atoms with E-state index < -0.39 is 0 Å². The van der Waals surface area contributed by atoms with Crippen molar-refractivity contribution in [2.45, 2.75) is 33.2 Å². The maximum absolute atomic E-state index is 11.6. The molecule has 0 radical (unpaired) electrons. The van der Waals surface area contributed by atoms with Crippen LogP contribution in [0.3, 0.4) is 0 Å². The predicted octanol–water partition coefficient (Wildman–Crippen LogP) is 0.311. The first kappa shape index (κ1) is 15.9. The van der Waals surface area contributed by atoms with Gasteiger partial charge in [-0.3, -0.25) is 9.59 Å². The van der Waals surface area contributed by atoms with Gasteiger partial charge in [-0.05, 0) is 40.9 Å². The molecule has 0 aliphatic heterocycles. The zero-order chi connectivity index (χ0) is 13.4. The third kappa shape index (κ3) is 7.74. The third-order valence-electron chi connectivity index (χ3n) is 2.45. The summed E-state index contributed by atoms with van der Waals surface area (Å²) in [7, 11) is 4.00. The van der Waals surface area contributed by atoms with Crippen LogP contribution >= 0.6 is 0 Å². The van der Waals surface area contributed by atoms with Crippen molar-refractivity contribution in [1.82, 2.24) is 15.1 Å². The Labute approximate surface area is 104 Å². The van der Waals surface area contributed by atoms with Crippen LogP contribution in [0.1, 0.15) is 27.2 Å². The van der Waals surface area contributed by atoms with Crippen LogP contribution in [0.2, 0.25) is 0 Å². The molecule has 0 atom stereocenters. The van der Waals surface area contributed by atoms with E-state index in [4.69, 9.17) is 0 Å². The minimum atomic E-state index is -0.0901. The topological polar surface area (TPSA) is 52.7 Å². The molecule has 0 heterocycles. The van der Waals surface area contributed by atoms with E-state index in [2.05, 4.69) is 10.2 Å². The Hall–Kier alpha value is -1.10. The number of rotatable bonds is 7. The second kappa shape index (κ2) is 8.06. The second-order valence-electron chi connectivity index (χ2n) is 4.75. The fraction of sp³-hybridized carbons (Fsp3) is 0.833. The van der Waals surface area contributed by atoms with E-state index in [0.717, 1.165) is 13.0 Å². The van der Waals surface area contributed by atoms with Crippen LogP contribution < -0.4 is 5.32 Å². The molecule has 0 saturated heterocycles. The van der Waals surface area contributed by atoms with Gasteiger partial charge in [0.15, 0.2) is 0 Å². The van der Waals surface area contributed by atoms with Gasteiger partial charge in [-0.25, -0.2) is 0 Å². The van der Waals surface area contributed by atoms with Gasteiger partial charge in [0.2, 0.25) is 11.8 Å². The van der Waals surface area contributed by atoms with Gasteiger partial charge in [0.1, 0.15) is 0 Å². The van der Waals surface area contributed by atoms with Crippen molar-refractivity contribution in [3.8, 4) is 0 Å². The molecule has 5 nitrogen and oxygen atoms in total. The Kier molecular flexibility index (Phi) is 7.54. The lowest BCUT2D eigenvalue weighted by atomic mass is 10.3. The Bertz CT molecular complexity index is 252. The lowest BCUT2D eigenvalue weighted by molar-refractivity contribution is -0.135. The zero-order valence-corrected chi connectivity index (χ0v) is 11.6. The SMILES string of the molecule is CC(=O)N(CC(=O)NCCCN(C)C)C(C)C. The molecule has 0 saturated carbocycles. The largest absolute Gasteiger partial charge is 0.355 e. The summed E-state index contributed by atoms with van der Waals surface area (Å²) in [4.78, 5) is 26.5. The molecule has 0 unspecified atom stereocenters. The molecule has 0 spiro atoms. The molecular formula is C12H25N3O2. The van der Waals surface area contributed by atoms with Gasteiger partial charge < -0.3 is 15.1 Å². The summed E-state index contributed by atoms with van der Waals surface area (Å²) >= 11 is 0. The molecule has 0 aliphatic carbocycles. The highest BCUT2D eigenvalue weighted by atomic mass is 16.2. The molecule has 5 heteroatoms. The van der Waals surface area contributed by atoms with Crippen molar-refractivity contribution in [3.63, 3.8) is 0 Å². The molecule has 0 aromatic heterocycles. The van der Waals surface area contributed by atoms with Crippen molar-refractivity contribution in [1.29, 1.82) is 0 Å². The van der Waals surface area contributed by atoms with Crippen LogP contribution in [0.25, 0.3) is 0 Å². The Morgan fingerprint density at radius 1 is 1.24 bits per heavy atom. The summed E-state index contributed by atoms with van der Waals surface area (Å²) in [5.41, 5.74) is 0. The van der Waals surface area contributed by atoms with Crippen LogP contribution in [0.4, 0.5) is 0 Å². The van der Waals surface area contributed by atoms with Gasteiger partial charge in [-0.1, -0.05) is 0 Å². The third-order valence-corrected chi connectivity index (χ3v) is 2.45. The minimum Gasteiger partial charge on any atom is -0.355 e. The fourth-order valence-corrected chi connectivity index (χ4v) is 1.49. The van der Waals surface area contributed by atoms with Gasteiger partial charge in [0.25, 0.3) is 0 Å². The predicted molar refractivity (Wildman–Crippen MR) is 68.7 cm³/mol. The minimum absolute atomic E-state index is 0.0556. The van der Waals surface area contributed by atoms with Gasteiger partial charge in [0, 0.05) is 19.5 Å². The number of hydrogen-bond donors (Lipinski definition) is 1. The maximum atomic E-state index is 11.6. The molecule has 1 N–H and O–H groups in total. The van der Waals surface area contributed by atoms with E-state index in [1.54, 1.807) is 4.90 Å². The molecule has 0 rings (SSSR count). The number of nitrogens with zero attached hydrogens (tertiary/aromatic N) is 2. The number of hydrogen-bond acceptors (Lipinski definition) is 3. The van der Waals surface area contributed by atoms with E-state index in [-0.39, 0.29) is 24.4 Å². The van der Waals surface area contributed by atoms with Gasteiger partial charge >= 0.3 is 0 Å². The van der Waals surface area contributed by atoms with Crippen molar-refractivity contribution in [2.24, 2.45) is 0 Å². The molecule has 2 amide bonds. The van der Waals surface area contributed by atoms with E-state index in [1.807, 2.05) is 27.9 Å². The Morgan fingerprint density at radius 3 is 2.24 bits per heavy atom. The number of carbonyl (C=O) groups excluding carboxylic acids is 2. The average Bonchev–Trinajstić information content (AvgIpc) is 2.19. The monoisotopic (exact) mass is 243 g/mol. The molecule has 100 valence electrons. The van der Waals surface area contributed by atoms with E-state index in [1.165, 1.54) is 6.92 Å². The molecular weight excluding hydrogens is 218 g/mol. The summed E-state index contributed by atoms with van der Waals surface area (Å²) in [5.74, 6) is -0.156. The van der Waals surface area contributed by atoms with E-state index in [9.17, 15) is 9.59 Å². The number of nitrogens with one attached hydrogen (secondary N) is 1. The van der Waals surface area contributed by atoms with Crippen LogP contribution in [0, 0.1) is 0 Å². The van der Waals surface area contributed by atoms with Crippen molar-refractivity contribution < 1.29 is 9.59 Å². The average molecular weight is 243 g/mol. The van der Waals surface area contributed by atoms with Gasteiger partial charge in [-0.2, -0.15) is 0 Å². The van der Waals surface area contributed by atoms with Gasteiger partial charge in [-0.15, -0.1) is 0 Å². The lowest BCUT2D eigenvalue weighted by Gasteiger charge is -2.24. The Morgan fingerprint density at radius 2 is 1.82 bits per heavy atom. The standard InChI is InChI=1S/C12H25N3O2/c1-10(2)15(11(3)16)9-12(17)13-7-6-8-14(4)5/h10H,6-9H2,1-5H3,(H,13,17). The molecule has 0 bridgehead atoms. The molecule has 0 aliphatic rings. The summed E-state index contributed by atoms with van der Waals surface area (Å²) in [6.07, 6.45) is 0.917.